The second-order valence-electron chi connectivity index (χ2n) is 6.32. The molecule has 3 aliphatic heterocycles. The van der Waals surface area contributed by atoms with Gasteiger partial charge in [-0.05, 0) is 30.5 Å². The number of piperazine rings is 3. The maximum absolute atomic E-state index is 6.55. The normalized spacial score (nSPS) is 34.0. The molecule has 0 aromatic heterocycles. The molecule has 1 aromatic carbocycles. The van der Waals surface area contributed by atoms with E-state index in [1.807, 2.05) is 6.07 Å². The van der Waals surface area contributed by atoms with Crippen molar-refractivity contribution in [1.29, 1.82) is 0 Å². The number of nitrogens with zero attached hydrogens (tertiary/aromatic N) is 2. The van der Waals surface area contributed by atoms with E-state index >= 15 is 0 Å². The monoisotopic (exact) mass is 273 g/mol. The number of nitrogens with two attached hydrogens (primary N) is 1. The van der Waals surface area contributed by atoms with Crippen LogP contribution in [0.15, 0.2) is 24.3 Å². The second-order valence-corrected chi connectivity index (χ2v) is 6.32. The van der Waals surface area contributed by atoms with E-state index < -0.39 is 0 Å². The molecule has 4 aliphatic rings. The van der Waals surface area contributed by atoms with Crippen molar-refractivity contribution in [3.05, 3.63) is 29.8 Å². The molecule has 0 spiro atoms. The first-order valence-electron chi connectivity index (χ1n) is 7.78. The predicted molar refractivity (Wildman–Crippen MR) is 78.8 cm³/mol. The summed E-state index contributed by atoms with van der Waals surface area (Å²) in [5.41, 5.74) is 7.76. The predicted octanol–water partition coefficient (Wildman–Crippen LogP) is 1.23. The smallest absolute Gasteiger partial charge is 0.120 e. The van der Waals surface area contributed by atoms with Crippen LogP contribution in [-0.2, 0) is 0 Å². The zero-order chi connectivity index (χ0) is 13.5. The fourth-order valence-corrected chi connectivity index (χ4v) is 3.39. The van der Waals surface area contributed by atoms with E-state index in [-0.39, 0.29) is 6.04 Å². The third-order valence-electron chi connectivity index (χ3n) is 4.81. The van der Waals surface area contributed by atoms with E-state index in [1.165, 1.54) is 31.5 Å². The van der Waals surface area contributed by atoms with Gasteiger partial charge in [-0.3, -0.25) is 9.80 Å². The van der Waals surface area contributed by atoms with Crippen molar-refractivity contribution in [1.82, 2.24) is 9.80 Å². The van der Waals surface area contributed by atoms with Crippen molar-refractivity contribution < 1.29 is 4.74 Å². The quantitative estimate of drug-likeness (QED) is 0.896. The Labute approximate surface area is 120 Å². The number of rotatable bonds is 4. The Kier molecular flexibility index (Phi) is 3.17. The first-order chi connectivity index (χ1) is 9.79. The molecule has 0 amide bonds. The molecule has 2 unspecified atom stereocenters. The third-order valence-corrected chi connectivity index (χ3v) is 4.81. The highest BCUT2D eigenvalue weighted by atomic mass is 16.5. The molecule has 20 heavy (non-hydrogen) atoms. The molecule has 3 heterocycles. The van der Waals surface area contributed by atoms with Crippen molar-refractivity contribution >= 4 is 0 Å². The van der Waals surface area contributed by atoms with Gasteiger partial charge in [-0.15, -0.1) is 0 Å². The highest BCUT2D eigenvalue weighted by Gasteiger charge is 2.36. The van der Waals surface area contributed by atoms with Crippen molar-refractivity contribution in [2.75, 3.05) is 32.7 Å². The maximum atomic E-state index is 6.55. The average molecular weight is 273 g/mol. The van der Waals surface area contributed by atoms with Gasteiger partial charge in [0, 0.05) is 44.8 Å². The number of benzene rings is 1. The second kappa shape index (κ2) is 5.02. The van der Waals surface area contributed by atoms with Gasteiger partial charge in [-0.2, -0.15) is 0 Å². The molecule has 4 fully saturated rings. The molecule has 2 N–H and O–H groups in total. The van der Waals surface area contributed by atoms with E-state index in [9.17, 15) is 0 Å². The van der Waals surface area contributed by atoms with Gasteiger partial charge in [0.05, 0.1) is 6.10 Å². The highest BCUT2D eigenvalue weighted by Crippen LogP contribution is 2.30. The van der Waals surface area contributed by atoms with Crippen LogP contribution in [0.2, 0.25) is 0 Å². The molecule has 3 saturated heterocycles. The lowest BCUT2D eigenvalue weighted by molar-refractivity contribution is 0.00212. The van der Waals surface area contributed by atoms with Gasteiger partial charge >= 0.3 is 0 Å². The Balaban J connectivity index is 1.50. The molecule has 1 saturated carbocycles. The summed E-state index contributed by atoms with van der Waals surface area (Å²) in [7, 11) is 0. The standard InChI is InChI=1S/C16H23N3O/c17-16(15-11-18-6-8-19(15)9-7-18)12-2-1-3-14(10-12)20-13-4-5-13/h1-3,10,13,15-16H,4-9,11,17H2. The Bertz CT molecular complexity index is 480. The lowest BCUT2D eigenvalue weighted by atomic mass is 9.94. The van der Waals surface area contributed by atoms with E-state index in [2.05, 4.69) is 28.0 Å². The molecule has 4 heteroatoms. The maximum Gasteiger partial charge on any atom is 0.120 e. The zero-order valence-corrected chi connectivity index (χ0v) is 11.9. The fourth-order valence-electron chi connectivity index (χ4n) is 3.39. The van der Waals surface area contributed by atoms with Crippen molar-refractivity contribution in [3.8, 4) is 5.75 Å². The van der Waals surface area contributed by atoms with Crippen LogP contribution >= 0.6 is 0 Å². The molecule has 108 valence electrons. The topological polar surface area (TPSA) is 41.7 Å². The molecule has 5 rings (SSSR count). The van der Waals surface area contributed by atoms with E-state index in [0.717, 1.165) is 25.4 Å². The number of hydrogen-bond acceptors (Lipinski definition) is 4. The third kappa shape index (κ3) is 2.43. The Morgan fingerprint density at radius 1 is 1.15 bits per heavy atom. The molecule has 2 bridgehead atoms. The Hall–Kier alpha value is -1.10. The van der Waals surface area contributed by atoms with E-state index in [1.54, 1.807) is 0 Å². The summed E-state index contributed by atoms with van der Waals surface area (Å²) in [6, 6.07) is 8.94. The first kappa shape index (κ1) is 12.6. The SMILES string of the molecule is NC(c1cccc(OC2CC2)c1)C1CN2CCN1CC2. The minimum atomic E-state index is 0.0841. The van der Waals surface area contributed by atoms with E-state index in [4.69, 9.17) is 10.5 Å². The summed E-state index contributed by atoms with van der Waals surface area (Å²) >= 11 is 0. The van der Waals surface area contributed by atoms with Crippen LogP contribution in [0.5, 0.6) is 5.75 Å². The average Bonchev–Trinajstić information content (AvgIpc) is 3.32. The Morgan fingerprint density at radius 2 is 1.95 bits per heavy atom. The fraction of sp³-hybridized carbons (Fsp3) is 0.625. The van der Waals surface area contributed by atoms with Crippen LogP contribution in [0.1, 0.15) is 24.4 Å². The minimum absolute atomic E-state index is 0.0841. The number of fused-ring (bicyclic) bond motifs is 3. The molecule has 1 aliphatic carbocycles. The van der Waals surface area contributed by atoms with Gasteiger partial charge in [-0.25, -0.2) is 0 Å². The summed E-state index contributed by atoms with van der Waals surface area (Å²) < 4.78 is 5.89. The van der Waals surface area contributed by atoms with Gasteiger partial charge in [0.1, 0.15) is 5.75 Å². The summed E-state index contributed by atoms with van der Waals surface area (Å²) in [4.78, 5) is 5.09. The molecule has 0 radical (unpaired) electrons. The van der Waals surface area contributed by atoms with Gasteiger partial charge in [-0.1, -0.05) is 12.1 Å². The lowest BCUT2D eigenvalue weighted by Crippen LogP contribution is -2.63. The van der Waals surface area contributed by atoms with Crippen LogP contribution in [0, 0.1) is 0 Å². The van der Waals surface area contributed by atoms with Crippen LogP contribution in [-0.4, -0.2) is 54.7 Å². The summed E-state index contributed by atoms with van der Waals surface area (Å²) in [5.74, 6) is 0.983. The van der Waals surface area contributed by atoms with Crippen LogP contribution in [0.4, 0.5) is 0 Å². The van der Waals surface area contributed by atoms with Crippen LogP contribution in [0.25, 0.3) is 0 Å². The first-order valence-corrected chi connectivity index (χ1v) is 7.78. The molecule has 2 atom stereocenters. The largest absolute Gasteiger partial charge is 0.490 e. The highest BCUT2D eigenvalue weighted by molar-refractivity contribution is 5.32. The Morgan fingerprint density at radius 3 is 2.60 bits per heavy atom. The van der Waals surface area contributed by atoms with E-state index in [0.29, 0.717) is 12.1 Å². The number of ether oxygens (including phenoxy) is 1. The summed E-state index contributed by atoms with van der Waals surface area (Å²) in [6.07, 6.45) is 2.84. The molecule has 1 aromatic rings. The molecular formula is C16H23N3O. The van der Waals surface area contributed by atoms with Gasteiger partial charge in [0.15, 0.2) is 0 Å². The minimum Gasteiger partial charge on any atom is -0.490 e. The van der Waals surface area contributed by atoms with Gasteiger partial charge in [0.25, 0.3) is 0 Å². The van der Waals surface area contributed by atoms with Gasteiger partial charge in [0.2, 0.25) is 0 Å². The molecule has 4 nitrogen and oxygen atoms in total. The summed E-state index contributed by atoms with van der Waals surface area (Å²) in [6.45, 7) is 5.84. The van der Waals surface area contributed by atoms with Crippen LogP contribution < -0.4 is 10.5 Å². The summed E-state index contributed by atoms with van der Waals surface area (Å²) in [5, 5.41) is 0. The van der Waals surface area contributed by atoms with Crippen LogP contribution in [0.3, 0.4) is 0 Å². The lowest BCUT2D eigenvalue weighted by Gasteiger charge is -2.49. The van der Waals surface area contributed by atoms with Crippen molar-refractivity contribution in [2.24, 2.45) is 5.73 Å². The number of hydrogen-bond donors (Lipinski definition) is 1. The zero-order valence-electron chi connectivity index (χ0n) is 11.9. The molecular weight excluding hydrogens is 250 g/mol. The van der Waals surface area contributed by atoms with Gasteiger partial charge < -0.3 is 10.5 Å². The van der Waals surface area contributed by atoms with Crippen molar-refractivity contribution in [3.63, 3.8) is 0 Å². The van der Waals surface area contributed by atoms with Crippen molar-refractivity contribution in [2.45, 2.75) is 31.0 Å².